The van der Waals surface area contributed by atoms with E-state index in [0.717, 1.165) is 11.3 Å². The zero-order chi connectivity index (χ0) is 18.2. The topological polar surface area (TPSA) is 41.1 Å². The molecule has 4 heteroatoms. The van der Waals surface area contributed by atoms with E-state index in [-0.39, 0.29) is 11.7 Å². The fourth-order valence-electron chi connectivity index (χ4n) is 2.80. The molecule has 0 aromatic heterocycles. The van der Waals surface area contributed by atoms with Crippen molar-refractivity contribution in [3.8, 4) is 0 Å². The molecule has 25 heavy (non-hydrogen) atoms. The Balaban J connectivity index is 1.75. The Morgan fingerprint density at radius 2 is 1.80 bits per heavy atom. The summed E-state index contributed by atoms with van der Waals surface area (Å²) in [6, 6.07) is 12.6. The van der Waals surface area contributed by atoms with Crippen LogP contribution in [0.25, 0.3) is 0 Å². The number of amides is 1. The first kappa shape index (κ1) is 19.0. The van der Waals surface area contributed by atoms with Gasteiger partial charge >= 0.3 is 0 Å². The second kappa shape index (κ2) is 9.21. The summed E-state index contributed by atoms with van der Waals surface area (Å²) in [7, 11) is 0. The van der Waals surface area contributed by atoms with Crippen LogP contribution in [-0.2, 0) is 11.2 Å². The number of halogens is 1. The number of hydrogen-bond acceptors (Lipinski definition) is 2. The molecule has 0 spiro atoms. The maximum absolute atomic E-state index is 12.8. The summed E-state index contributed by atoms with van der Waals surface area (Å²) < 4.78 is 12.8. The van der Waals surface area contributed by atoms with E-state index in [1.165, 1.54) is 23.3 Å². The van der Waals surface area contributed by atoms with E-state index in [4.69, 9.17) is 0 Å². The molecule has 0 aliphatic heterocycles. The van der Waals surface area contributed by atoms with Crippen LogP contribution in [0.4, 0.5) is 10.1 Å². The zero-order valence-corrected chi connectivity index (χ0v) is 15.2. The van der Waals surface area contributed by atoms with Crippen LogP contribution in [0.2, 0.25) is 0 Å². The van der Waals surface area contributed by atoms with Gasteiger partial charge in [-0.3, -0.25) is 4.79 Å². The molecule has 0 fully saturated rings. The van der Waals surface area contributed by atoms with E-state index in [2.05, 4.69) is 49.6 Å². The lowest BCUT2D eigenvalue weighted by Gasteiger charge is -2.17. The second-order valence-corrected chi connectivity index (χ2v) is 6.60. The van der Waals surface area contributed by atoms with E-state index in [9.17, 15) is 9.18 Å². The molecule has 2 aromatic carbocycles. The minimum atomic E-state index is -0.240. The van der Waals surface area contributed by atoms with E-state index in [0.29, 0.717) is 31.8 Å². The molecule has 2 aromatic rings. The van der Waals surface area contributed by atoms with Crippen molar-refractivity contribution in [2.24, 2.45) is 0 Å². The van der Waals surface area contributed by atoms with Gasteiger partial charge in [-0.05, 0) is 48.1 Å². The summed E-state index contributed by atoms with van der Waals surface area (Å²) in [5.41, 5.74) is 4.62. The highest BCUT2D eigenvalue weighted by Crippen LogP contribution is 2.27. The SMILES string of the molecule is Cc1cccc(C(C)C)c1NCCC(=O)NCCc1ccc(F)cc1. The van der Waals surface area contributed by atoms with E-state index in [1.54, 1.807) is 12.1 Å². The molecule has 0 heterocycles. The minimum Gasteiger partial charge on any atom is -0.384 e. The van der Waals surface area contributed by atoms with Gasteiger partial charge in [-0.15, -0.1) is 0 Å². The third-order valence-electron chi connectivity index (χ3n) is 4.23. The Morgan fingerprint density at radius 3 is 2.48 bits per heavy atom. The monoisotopic (exact) mass is 342 g/mol. The van der Waals surface area contributed by atoms with Gasteiger partial charge in [0.2, 0.25) is 5.91 Å². The van der Waals surface area contributed by atoms with Gasteiger partial charge in [0.25, 0.3) is 0 Å². The third-order valence-corrected chi connectivity index (χ3v) is 4.23. The molecular weight excluding hydrogens is 315 g/mol. The van der Waals surface area contributed by atoms with Crippen molar-refractivity contribution in [1.29, 1.82) is 0 Å². The summed E-state index contributed by atoms with van der Waals surface area (Å²) in [6.45, 7) is 7.58. The highest BCUT2D eigenvalue weighted by molar-refractivity contribution is 5.76. The number of aryl methyl sites for hydroxylation is 1. The number of carbonyl (C=O) groups is 1. The number of para-hydroxylation sites is 1. The average molecular weight is 342 g/mol. The molecule has 0 saturated heterocycles. The molecule has 0 radical (unpaired) electrons. The molecule has 0 aliphatic rings. The molecule has 0 aliphatic carbocycles. The molecule has 2 N–H and O–H groups in total. The van der Waals surface area contributed by atoms with Gasteiger partial charge in [-0.25, -0.2) is 4.39 Å². The van der Waals surface area contributed by atoms with Crippen LogP contribution in [-0.4, -0.2) is 19.0 Å². The summed E-state index contributed by atoms with van der Waals surface area (Å²) in [5.74, 6) is 0.220. The highest BCUT2D eigenvalue weighted by atomic mass is 19.1. The highest BCUT2D eigenvalue weighted by Gasteiger charge is 2.09. The van der Waals surface area contributed by atoms with Gasteiger partial charge in [0.05, 0.1) is 0 Å². The van der Waals surface area contributed by atoms with Gasteiger partial charge in [0.15, 0.2) is 0 Å². The van der Waals surface area contributed by atoms with Crippen molar-refractivity contribution in [3.05, 3.63) is 65.0 Å². The maximum Gasteiger partial charge on any atom is 0.221 e. The molecule has 0 bridgehead atoms. The number of anilines is 1. The molecule has 0 unspecified atom stereocenters. The fourth-order valence-corrected chi connectivity index (χ4v) is 2.80. The zero-order valence-electron chi connectivity index (χ0n) is 15.2. The predicted octanol–water partition coefficient (Wildman–Crippen LogP) is 4.42. The second-order valence-electron chi connectivity index (χ2n) is 6.60. The Labute approximate surface area is 149 Å². The first-order valence-corrected chi connectivity index (χ1v) is 8.82. The van der Waals surface area contributed by atoms with Crippen LogP contribution < -0.4 is 10.6 Å². The van der Waals surface area contributed by atoms with Gasteiger partial charge < -0.3 is 10.6 Å². The van der Waals surface area contributed by atoms with Crippen molar-refractivity contribution in [3.63, 3.8) is 0 Å². The van der Waals surface area contributed by atoms with Gasteiger partial charge in [0.1, 0.15) is 5.82 Å². The van der Waals surface area contributed by atoms with Crippen LogP contribution >= 0.6 is 0 Å². The van der Waals surface area contributed by atoms with Crippen molar-refractivity contribution in [1.82, 2.24) is 5.32 Å². The summed E-state index contributed by atoms with van der Waals surface area (Å²) in [4.78, 5) is 12.0. The molecule has 3 nitrogen and oxygen atoms in total. The van der Waals surface area contributed by atoms with Crippen LogP contribution in [0, 0.1) is 12.7 Å². The van der Waals surface area contributed by atoms with E-state index in [1.807, 2.05) is 0 Å². The predicted molar refractivity (Wildman–Crippen MR) is 101 cm³/mol. The number of carbonyl (C=O) groups excluding carboxylic acids is 1. The molecule has 0 saturated carbocycles. The lowest BCUT2D eigenvalue weighted by molar-refractivity contribution is -0.120. The molecule has 1 amide bonds. The smallest absolute Gasteiger partial charge is 0.221 e. The van der Waals surface area contributed by atoms with Crippen LogP contribution in [0.1, 0.15) is 42.9 Å². The Hall–Kier alpha value is -2.36. The average Bonchev–Trinajstić information content (AvgIpc) is 2.58. The van der Waals surface area contributed by atoms with Crippen LogP contribution in [0.5, 0.6) is 0 Å². The number of benzene rings is 2. The summed E-state index contributed by atoms with van der Waals surface area (Å²) >= 11 is 0. The van der Waals surface area contributed by atoms with E-state index >= 15 is 0 Å². The molecular formula is C21H27FN2O. The first-order valence-electron chi connectivity index (χ1n) is 8.82. The largest absolute Gasteiger partial charge is 0.384 e. The maximum atomic E-state index is 12.8. The molecule has 134 valence electrons. The van der Waals surface area contributed by atoms with E-state index < -0.39 is 0 Å². The van der Waals surface area contributed by atoms with Crippen LogP contribution in [0.15, 0.2) is 42.5 Å². The fraction of sp³-hybridized carbons (Fsp3) is 0.381. The van der Waals surface area contributed by atoms with Crippen LogP contribution in [0.3, 0.4) is 0 Å². The van der Waals surface area contributed by atoms with Crippen molar-refractivity contribution < 1.29 is 9.18 Å². The van der Waals surface area contributed by atoms with Gasteiger partial charge in [-0.1, -0.05) is 44.2 Å². The van der Waals surface area contributed by atoms with Crippen molar-refractivity contribution in [2.75, 3.05) is 18.4 Å². The minimum absolute atomic E-state index is 0.0225. The van der Waals surface area contributed by atoms with Gasteiger partial charge in [0, 0.05) is 25.2 Å². The van der Waals surface area contributed by atoms with Crippen molar-refractivity contribution >= 4 is 11.6 Å². The first-order chi connectivity index (χ1) is 12.0. The molecule has 0 atom stereocenters. The lowest BCUT2D eigenvalue weighted by Crippen LogP contribution is -2.27. The number of hydrogen-bond donors (Lipinski definition) is 2. The summed E-state index contributed by atoms with van der Waals surface area (Å²) in [5, 5.41) is 6.32. The number of nitrogens with one attached hydrogen (secondary N) is 2. The Bertz CT molecular complexity index is 696. The summed E-state index contributed by atoms with van der Waals surface area (Å²) in [6.07, 6.45) is 1.13. The third kappa shape index (κ3) is 5.89. The quantitative estimate of drug-likeness (QED) is 0.746. The lowest BCUT2D eigenvalue weighted by atomic mass is 9.98. The molecule has 2 rings (SSSR count). The van der Waals surface area contributed by atoms with Crippen molar-refractivity contribution in [2.45, 2.75) is 39.5 Å². The normalized spacial score (nSPS) is 10.8. The Kier molecular flexibility index (Phi) is 6.99. The van der Waals surface area contributed by atoms with Gasteiger partial charge in [-0.2, -0.15) is 0 Å². The number of rotatable bonds is 8. The Morgan fingerprint density at radius 1 is 1.08 bits per heavy atom. The standard InChI is InChI=1S/C21H27FN2O/c1-15(2)19-6-4-5-16(3)21(19)24-14-12-20(25)23-13-11-17-7-9-18(22)10-8-17/h4-10,15,24H,11-14H2,1-3H3,(H,23,25).